The van der Waals surface area contributed by atoms with E-state index < -0.39 is 32.9 Å². The number of amides is 2. The van der Waals surface area contributed by atoms with Crippen LogP contribution < -0.4 is 10.2 Å². The smallest absolute Gasteiger partial charge is 0.306 e. The molecule has 0 aliphatic rings. The molecule has 12 heteroatoms. The predicted octanol–water partition coefficient (Wildman–Crippen LogP) is 3.41. The summed E-state index contributed by atoms with van der Waals surface area (Å²) in [6, 6.07) is 6.46. The highest BCUT2D eigenvalue weighted by molar-refractivity contribution is 5.91. The van der Waals surface area contributed by atoms with Gasteiger partial charge in [0.25, 0.3) is 0 Å². The Labute approximate surface area is 163 Å². The van der Waals surface area contributed by atoms with Crippen LogP contribution in [-0.2, 0) is 9.59 Å². The van der Waals surface area contributed by atoms with Crippen molar-refractivity contribution in [3.8, 4) is 0 Å². The van der Waals surface area contributed by atoms with Gasteiger partial charge in [0.05, 0.1) is 15.5 Å². The Balaban J connectivity index is 0.000000291. The van der Waals surface area contributed by atoms with E-state index in [0.717, 1.165) is 24.3 Å². The highest BCUT2D eigenvalue weighted by Gasteiger charge is 2.17. The van der Waals surface area contributed by atoms with Crippen molar-refractivity contribution >= 4 is 34.6 Å². The van der Waals surface area contributed by atoms with Gasteiger partial charge < -0.3 is 10.2 Å². The summed E-state index contributed by atoms with van der Waals surface area (Å²) in [6.07, 6.45) is 0. The minimum absolute atomic E-state index is 0.200. The van der Waals surface area contributed by atoms with Gasteiger partial charge in [-0.3, -0.25) is 29.8 Å². The van der Waals surface area contributed by atoms with E-state index in [9.17, 15) is 38.6 Å². The average molecular weight is 410 g/mol. The number of nitrogens with one attached hydrogen (secondary N) is 1. The molecule has 0 bridgehead atoms. The van der Waals surface area contributed by atoms with Gasteiger partial charge in [-0.25, -0.2) is 0 Å². The van der Waals surface area contributed by atoms with Crippen molar-refractivity contribution in [2.75, 3.05) is 17.3 Å². The second kappa shape index (κ2) is 9.82. The van der Waals surface area contributed by atoms with Crippen LogP contribution in [0.5, 0.6) is 0 Å². The third kappa shape index (κ3) is 6.61. The Hall–Kier alpha value is -3.96. The first-order chi connectivity index (χ1) is 13.4. The van der Waals surface area contributed by atoms with Gasteiger partial charge in [-0.2, -0.15) is 8.78 Å². The van der Waals surface area contributed by atoms with Crippen molar-refractivity contribution in [1.82, 2.24) is 0 Å². The molecule has 0 unspecified atom stereocenters. The molecule has 0 heterocycles. The first-order valence-corrected chi connectivity index (χ1v) is 7.83. The Bertz CT molecular complexity index is 967. The first kappa shape index (κ1) is 23.1. The van der Waals surface area contributed by atoms with Crippen LogP contribution in [0.25, 0.3) is 0 Å². The van der Waals surface area contributed by atoms with Gasteiger partial charge in [0.1, 0.15) is 0 Å². The summed E-state index contributed by atoms with van der Waals surface area (Å²) in [5.74, 6) is -2.49. The lowest BCUT2D eigenvalue weighted by Crippen LogP contribution is -2.22. The number of anilines is 2. The molecule has 0 fully saturated rings. The molecule has 2 aromatic carbocycles. The maximum absolute atomic E-state index is 12.9. The summed E-state index contributed by atoms with van der Waals surface area (Å²) >= 11 is 0. The molecule has 1 N–H and O–H groups in total. The van der Waals surface area contributed by atoms with Crippen LogP contribution >= 0.6 is 0 Å². The van der Waals surface area contributed by atoms with Crippen molar-refractivity contribution in [1.29, 1.82) is 0 Å². The quantitative estimate of drug-likeness (QED) is 0.606. The van der Waals surface area contributed by atoms with Gasteiger partial charge in [0, 0.05) is 38.7 Å². The molecule has 0 atom stereocenters. The Morgan fingerprint density at radius 2 is 1.41 bits per heavy atom. The van der Waals surface area contributed by atoms with Gasteiger partial charge in [0.2, 0.25) is 23.4 Å². The Morgan fingerprint density at radius 1 is 0.931 bits per heavy atom. The third-order valence-electron chi connectivity index (χ3n) is 3.45. The summed E-state index contributed by atoms with van der Waals surface area (Å²) in [7, 11) is 1.46. The maximum Gasteiger partial charge on any atom is 0.306 e. The molecule has 154 valence electrons. The zero-order valence-corrected chi connectivity index (χ0v) is 15.5. The molecule has 0 aliphatic carbocycles. The summed E-state index contributed by atoms with van der Waals surface area (Å²) < 4.78 is 25.7. The second-order valence-electron chi connectivity index (χ2n) is 5.58. The Kier molecular flexibility index (Phi) is 7.82. The molecule has 2 aromatic rings. The maximum atomic E-state index is 12.9. The number of hydrogen-bond donors (Lipinski definition) is 1. The van der Waals surface area contributed by atoms with Crippen LogP contribution in [0.4, 0.5) is 31.5 Å². The SMILES string of the molecule is CC(=O)N(C)c1ccc(F)c([N+](=O)[O-])c1.CC(=O)Nc1ccc(F)c([N+](=O)[O-])c1. The van der Waals surface area contributed by atoms with Gasteiger partial charge >= 0.3 is 11.4 Å². The van der Waals surface area contributed by atoms with Crippen molar-refractivity contribution in [3.05, 3.63) is 68.3 Å². The summed E-state index contributed by atoms with van der Waals surface area (Å²) in [5.41, 5.74) is -0.807. The van der Waals surface area contributed by atoms with E-state index in [1.807, 2.05) is 0 Å². The lowest BCUT2D eigenvalue weighted by molar-refractivity contribution is -0.387. The van der Waals surface area contributed by atoms with Gasteiger partial charge in [-0.1, -0.05) is 0 Å². The molecule has 29 heavy (non-hydrogen) atoms. The molecular weight excluding hydrogens is 394 g/mol. The van der Waals surface area contributed by atoms with E-state index >= 15 is 0 Å². The van der Waals surface area contributed by atoms with Crippen molar-refractivity contribution in [3.63, 3.8) is 0 Å². The predicted molar refractivity (Wildman–Crippen MR) is 99.5 cm³/mol. The molecule has 2 amide bonds. The molecule has 2 rings (SSSR count). The van der Waals surface area contributed by atoms with E-state index in [4.69, 9.17) is 0 Å². The first-order valence-electron chi connectivity index (χ1n) is 7.83. The highest BCUT2D eigenvalue weighted by Crippen LogP contribution is 2.24. The van der Waals surface area contributed by atoms with E-state index in [1.165, 1.54) is 37.9 Å². The Morgan fingerprint density at radius 3 is 1.86 bits per heavy atom. The lowest BCUT2D eigenvalue weighted by atomic mass is 10.2. The monoisotopic (exact) mass is 410 g/mol. The molecule has 0 spiro atoms. The van der Waals surface area contributed by atoms with E-state index in [-0.39, 0.29) is 23.2 Å². The number of benzene rings is 2. The van der Waals surface area contributed by atoms with Gasteiger partial charge in [0.15, 0.2) is 0 Å². The third-order valence-corrected chi connectivity index (χ3v) is 3.45. The fourth-order valence-corrected chi connectivity index (χ4v) is 1.97. The zero-order valence-electron chi connectivity index (χ0n) is 15.5. The van der Waals surface area contributed by atoms with Crippen LogP contribution in [-0.4, -0.2) is 28.7 Å². The molecule has 0 saturated heterocycles. The number of nitro groups is 2. The number of carbonyl (C=O) groups is 2. The molecule has 10 nitrogen and oxygen atoms in total. The van der Waals surface area contributed by atoms with Gasteiger partial charge in [-0.15, -0.1) is 0 Å². The highest BCUT2D eigenvalue weighted by atomic mass is 19.1. The van der Waals surface area contributed by atoms with Gasteiger partial charge in [-0.05, 0) is 24.3 Å². The molecular formula is C17H16F2N4O6. The van der Waals surface area contributed by atoms with E-state index in [0.29, 0.717) is 0 Å². The fraction of sp³-hybridized carbons (Fsp3) is 0.176. The molecule has 0 aromatic heterocycles. The van der Waals surface area contributed by atoms with Crippen molar-refractivity contribution in [2.45, 2.75) is 13.8 Å². The number of halogens is 2. The number of hydrogen-bond acceptors (Lipinski definition) is 6. The lowest BCUT2D eigenvalue weighted by Gasteiger charge is -2.14. The standard InChI is InChI=1S/C9H9FN2O3.C8H7FN2O3/c1-6(13)11(2)7-3-4-8(10)9(5-7)12(14)15;1-5(12)10-6-2-3-7(9)8(4-6)11(13)14/h3-5H,1-2H3;2-4H,1H3,(H,10,12). The second-order valence-corrected chi connectivity index (χ2v) is 5.58. The number of carbonyl (C=O) groups excluding carboxylic acids is 2. The topological polar surface area (TPSA) is 136 Å². The van der Waals surface area contributed by atoms with Crippen molar-refractivity contribution < 1.29 is 28.2 Å². The van der Waals surface area contributed by atoms with Crippen LogP contribution in [0.2, 0.25) is 0 Å². The minimum atomic E-state index is -0.927. The van der Waals surface area contributed by atoms with Crippen LogP contribution in [0.1, 0.15) is 13.8 Å². The number of rotatable bonds is 4. The van der Waals surface area contributed by atoms with Crippen LogP contribution in [0.3, 0.4) is 0 Å². The van der Waals surface area contributed by atoms with E-state index in [1.54, 1.807) is 0 Å². The minimum Gasteiger partial charge on any atom is -0.326 e. The number of nitro benzene ring substituents is 2. The van der Waals surface area contributed by atoms with Crippen LogP contribution in [0, 0.1) is 31.9 Å². The zero-order chi connectivity index (χ0) is 22.3. The number of nitrogens with zero attached hydrogens (tertiary/aromatic N) is 3. The summed E-state index contributed by atoms with van der Waals surface area (Å²) in [4.78, 5) is 41.8. The van der Waals surface area contributed by atoms with E-state index in [2.05, 4.69) is 5.32 Å². The summed E-state index contributed by atoms with van der Waals surface area (Å²) in [6.45, 7) is 2.57. The van der Waals surface area contributed by atoms with Crippen molar-refractivity contribution in [2.24, 2.45) is 0 Å². The fourth-order valence-electron chi connectivity index (χ4n) is 1.97. The van der Waals surface area contributed by atoms with Crippen LogP contribution in [0.15, 0.2) is 36.4 Å². The molecule has 0 radical (unpaired) electrons. The summed E-state index contributed by atoms with van der Waals surface area (Å²) in [5, 5.41) is 23.1. The normalized spacial score (nSPS) is 9.69. The largest absolute Gasteiger partial charge is 0.326 e. The molecule has 0 aliphatic heterocycles. The molecule has 0 saturated carbocycles. The average Bonchev–Trinajstić information content (AvgIpc) is 2.62.